The average Bonchev–Trinajstić information content (AvgIpc) is 2.97. The minimum atomic E-state index is 0.232. The van der Waals surface area contributed by atoms with E-state index in [4.69, 9.17) is 9.47 Å². The molecule has 0 bridgehead atoms. The van der Waals surface area contributed by atoms with Crippen LogP contribution in [-0.2, 0) is 6.54 Å². The van der Waals surface area contributed by atoms with Gasteiger partial charge >= 0.3 is 0 Å². The van der Waals surface area contributed by atoms with Crippen LogP contribution in [0.15, 0.2) is 24.5 Å². The molecule has 0 aliphatic heterocycles. The molecule has 1 N–H and O–H groups in total. The molecule has 8 heteroatoms. The minimum Gasteiger partial charge on any atom is -0.497 e. The van der Waals surface area contributed by atoms with Gasteiger partial charge in [-0.25, -0.2) is 14.6 Å². The van der Waals surface area contributed by atoms with E-state index >= 15 is 0 Å². The highest BCUT2D eigenvalue weighted by molar-refractivity contribution is 14.1. The van der Waals surface area contributed by atoms with Crippen molar-refractivity contribution in [1.29, 1.82) is 0 Å². The maximum Gasteiger partial charge on any atom is 0.164 e. The number of hydrogen-bond acceptors (Lipinski definition) is 6. The number of rotatable bonds is 6. The summed E-state index contributed by atoms with van der Waals surface area (Å²) in [7, 11) is 3.29. The summed E-state index contributed by atoms with van der Waals surface area (Å²) in [6.45, 7) is 4.74. The second-order valence-electron chi connectivity index (χ2n) is 5.78. The molecular weight excluding hydrogens is 433 g/mol. The lowest BCUT2D eigenvalue weighted by atomic mass is 10.2. The van der Waals surface area contributed by atoms with Gasteiger partial charge in [0.05, 0.1) is 19.6 Å². The van der Waals surface area contributed by atoms with Crippen molar-refractivity contribution in [3.05, 3.63) is 33.8 Å². The van der Waals surface area contributed by atoms with Gasteiger partial charge in [-0.3, -0.25) is 0 Å². The Morgan fingerprint density at radius 2 is 2.00 bits per heavy atom. The van der Waals surface area contributed by atoms with E-state index in [1.54, 1.807) is 20.5 Å². The maximum absolute atomic E-state index is 5.45. The van der Waals surface area contributed by atoms with Gasteiger partial charge in [-0.15, -0.1) is 0 Å². The highest BCUT2D eigenvalue weighted by atomic mass is 127. The molecule has 132 valence electrons. The first kappa shape index (κ1) is 17.7. The van der Waals surface area contributed by atoms with E-state index in [1.165, 1.54) is 0 Å². The molecule has 1 aromatic carbocycles. The second kappa shape index (κ2) is 7.42. The molecule has 0 amide bonds. The lowest BCUT2D eigenvalue weighted by molar-refractivity contribution is 0.391. The van der Waals surface area contributed by atoms with E-state index < -0.39 is 0 Å². The molecule has 0 aliphatic carbocycles. The summed E-state index contributed by atoms with van der Waals surface area (Å²) < 4.78 is 13.5. The van der Waals surface area contributed by atoms with E-state index in [9.17, 15) is 0 Å². The van der Waals surface area contributed by atoms with Crippen LogP contribution in [0.3, 0.4) is 0 Å². The van der Waals surface area contributed by atoms with Crippen LogP contribution in [0.25, 0.3) is 11.0 Å². The van der Waals surface area contributed by atoms with Gasteiger partial charge in [-0.1, -0.05) is 0 Å². The molecule has 0 spiro atoms. The molecule has 25 heavy (non-hydrogen) atoms. The number of aromatic nitrogens is 4. The highest BCUT2D eigenvalue weighted by Crippen LogP contribution is 2.29. The van der Waals surface area contributed by atoms with Crippen LogP contribution in [-0.4, -0.2) is 34.0 Å². The Morgan fingerprint density at radius 1 is 1.20 bits per heavy atom. The van der Waals surface area contributed by atoms with Crippen molar-refractivity contribution < 1.29 is 9.47 Å². The average molecular weight is 453 g/mol. The van der Waals surface area contributed by atoms with Crippen LogP contribution in [0, 0.1) is 3.70 Å². The van der Waals surface area contributed by atoms with E-state index in [0.29, 0.717) is 6.54 Å². The predicted octanol–water partition coefficient (Wildman–Crippen LogP) is 3.64. The van der Waals surface area contributed by atoms with Crippen molar-refractivity contribution in [3.8, 4) is 11.5 Å². The minimum absolute atomic E-state index is 0.232. The molecule has 3 rings (SSSR count). The summed E-state index contributed by atoms with van der Waals surface area (Å²) >= 11 is 2.22. The molecule has 0 saturated heterocycles. The third kappa shape index (κ3) is 3.48. The monoisotopic (exact) mass is 453 g/mol. The lowest BCUT2D eigenvalue weighted by Crippen LogP contribution is -2.06. The van der Waals surface area contributed by atoms with Crippen LogP contribution in [0.2, 0.25) is 0 Å². The van der Waals surface area contributed by atoms with Crippen LogP contribution >= 0.6 is 22.6 Å². The van der Waals surface area contributed by atoms with Gasteiger partial charge in [0.1, 0.15) is 27.3 Å². The normalized spacial score (nSPS) is 11.1. The first-order chi connectivity index (χ1) is 12.0. The number of nitrogens with one attached hydrogen (secondary N) is 1. The van der Waals surface area contributed by atoms with E-state index in [1.807, 2.05) is 22.9 Å². The molecule has 2 heterocycles. The van der Waals surface area contributed by atoms with Gasteiger partial charge in [0.25, 0.3) is 0 Å². The van der Waals surface area contributed by atoms with Crippen molar-refractivity contribution in [2.24, 2.45) is 0 Å². The first-order valence-corrected chi connectivity index (χ1v) is 8.96. The van der Waals surface area contributed by atoms with Gasteiger partial charge in [0.2, 0.25) is 0 Å². The van der Waals surface area contributed by atoms with Crippen LogP contribution in [0.1, 0.15) is 25.5 Å². The molecule has 0 unspecified atom stereocenters. The fourth-order valence-electron chi connectivity index (χ4n) is 2.60. The summed E-state index contributed by atoms with van der Waals surface area (Å²) in [5.74, 6) is 2.29. The maximum atomic E-state index is 5.45. The van der Waals surface area contributed by atoms with Crippen molar-refractivity contribution in [2.45, 2.75) is 26.4 Å². The summed E-state index contributed by atoms with van der Waals surface area (Å²) in [5.41, 5.74) is 1.85. The fourth-order valence-corrected chi connectivity index (χ4v) is 3.33. The Bertz CT molecular complexity index is 894. The largest absolute Gasteiger partial charge is 0.497 e. The van der Waals surface area contributed by atoms with Gasteiger partial charge in [-0.05, 0) is 48.6 Å². The van der Waals surface area contributed by atoms with Crippen molar-refractivity contribution in [1.82, 2.24) is 19.7 Å². The first-order valence-electron chi connectivity index (χ1n) is 7.88. The highest BCUT2D eigenvalue weighted by Gasteiger charge is 2.16. The summed E-state index contributed by atoms with van der Waals surface area (Å²) in [6, 6.07) is 5.99. The number of ether oxygens (including phenoxy) is 2. The Balaban J connectivity index is 1.92. The molecule has 3 aromatic rings. The van der Waals surface area contributed by atoms with Gasteiger partial charge in [0.15, 0.2) is 5.65 Å². The van der Waals surface area contributed by atoms with E-state index in [0.717, 1.165) is 37.6 Å². The molecular formula is C17H20IN5O2. The molecule has 2 aromatic heterocycles. The molecule has 0 fully saturated rings. The lowest BCUT2D eigenvalue weighted by Gasteiger charge is -2.12. The molecule has 0 aliphatic rings. The molecule has 7 nitrogen and oxygen atoms in total. The van der Waals surface area contributed by atoms with Crippen molar-refractivity contribution >= 4 is 39.4 Å². The second-order valence-corrected chi connectivity index (χ2v) is 6.80. The number of anilines is 1. The van der Waals surface area contributed by atoms with Crippen molar-refractivity contribution in [2.75, 3.05) is 19.5 Å². The summed E-state index contributed by atoms with van der Waals surface area (Å²) in [4.78, 5) is 8.80. The Labute approximate surface area is 159 Å². The zero-order chi connectivity index (χ0) is 18.0. The third-order valence-corrected chi connectivity index (χ3v) is 4.63. The van der Waals surface area contributed by atoms with Crippen LogP contribution < -0.4 is 14.8 Å². The Hall–Kier alpha value is -2.10. The summed E-state index contributed by atoms with van der Waals surface area (Å²) in [5, 5.41) is 8.89. The molecule has 0 saturated carbocycles. The SMILES string of the molecule is COc1ccc(CNc2ncnc3c2c(I)nn3C(C)C)c(OC)c1. The van der Waals surface area contributed by atoms with E-state index in [-0.39, 0.29) is 6.04 Å². The topological polar surface area (TPSA) is 74.1 Å². The standard InChI is InChI=1S/C17H20IN5O2/c1-10(2)23-17-14(15(18)22-23)16(20-9-21-17)19-8-11-5-6-12(24-3)7-13(11)25-4/h5-7,9-10H,8H2,1-4H3,(H,19,20,21). The number of benzene rings is 1. The van der Waals surface area contributed by atoms with Gasteiger partial charge in [-0.2, -0.15) is 5.10 Å². The molecule has 0 radical (unpaired) electrons. The fraction of sp³-hybridized carbons (Fsp3) is 0.353. The van der Waals surface area contributed by atoms with Crippen molar-refractivity contribution in [3.63, 3.8) is 0 Å². The van der Waals surface area contributed by atoms with E-state index in [2.05, 4.69) is 56.8 Å². The zero-order valence-corrected chi connectivity index (χ0v) is 16.7. The van der Waals surface area contributed by atoms with Gasteiger partial charge < -0.3 is 14.8 Å². The predicted molar refractivity (Wildman–Crippen MR) is 105 cm³/mol. The van der Waals surface area contributed by atoms with Crippen LogP contribution in [0.4, 0.5) is 5.82 Å². The molecule has 0 atom stereocenters. The quantitative estimate of drug-likeness (QED) is 0.575. The van der Waals surface area contributed by atoms with Crippen LogP contribution in [0.5, 0.6) is 11.5 Å². The number of hydrogen-bond donors (Lipinski definition) is 1. The van der Waals surface area contributed by atoms with Gasteiger partial charge in [0, 0.05) is 24.2 Å². The number of nitrogens with zero attached hydrogens (tertiary/aromatic N) is 4. The Morgan fingerprint density at radius 3 is 2.68 bits per heavy atom. The zero-order valence-electron chi connectivity index (χ0n) is 14.6. The summed E-state index contributed by atoms with van der Waals surface area (Å²) in [6.07, 6.45) is 1.56. The number of halogens is 1. The number of fused-ring (bicyclic) bond motifs is 1. The number of methoxy groups -OCH3 is 2. The smallest absolute Gasteiger partial charge is 0.164 e. The Kier molecular flexibility index (Phi) is 5.26. The third-order valence-electron chi connectivity index (χ3n) is 3.88.